The Kier molecular flexibility index (Phi) is 3.07. The van der Waals surface area contributed by atoms with Crippen molar-refractivity contribution in [2.75, 3.05) is 0 Å². The fraction of sp³-hybridized carbons (Fsp3) is 0.0625. The molecular formula is C16H11ClFNO. The molecule has 0 bridgehead atoms. The van der Waals surface area contributed by atoms with Gasteiger partial charge < -0.3 is 4.98 Å². The van der Waals surface area contributed by atoms with Crippen LogP contribution in [0.3, 0.4) is 0 Å². The quantitative estimate of drug-likeness (QED) is 0.692. The first-order valence-corrected chi connectivity index (χ1v) is 6.51. The third-order valence-corrected chi connectivity index (χ3v) is 3.49. The van der Waals surface area contributed by atoms with Gasteiger partial charge in [-0.25, -0.2) is 4.39 Å². The second-order valence-electron chi connectivity index (χ2n) is 4.70. The summed E-state index contributed by atoms with van der Waals surface area (Å²) in [7, 11) is 0. The Morgan fingerprint density at radius 3 is 2.70 bits per heavy atom. The van der Waals surface area contributed by atoms with Crippen LogP contribution in [0.5, 0.6) is 0 Å². The van der Waals surface area contributed by atoms with Crippen LogP contribution in [-0.4, -0.2) is 10.8 Å². The second kappa shape index (κ2) is 4.76. The van der Waals surface area contributed by atoms with E-state index < -0.39 is 5.82 Å². The molecule has 3 rings (SSSR count). The zero-order chi connectivity index (χ0) is 14.3. The van der Waals surface area contributed by atoms with E-state index in [1.165, 1.54) is 12.1 Å². The van der Waals surface area contributed by atoms with Crippen molar-refractivity contribution in [2.45, 2.75) is 6.92 Å². The van der Waals surface area contributed by atoms with Crippen LogP contribution in [0.25, 0.3) is 10.9 Å². The van der Waals surface area contributed by atoms with Crippen molar-refractivity contribution in [3.63, 3.8) is 0 Å². The van der Waals surface area contributed by atoms with Crippen LogP contribution >= 0.6 is 11.6 Å². The topological polar surface area (TPSA) is 32.9 Å². The lowest BCUT2D eigenvalue weighted by Gasteiger charge is -2.03. The molecule has 0 spiro atoms. The summed E-state index contributed by atoms with van der Waals surface area (Å²) in [6.07, 6.45) is 1.59. The van der Waals surface area contributed by atoms with Crippen molar-refractivity contribution in [1.82, 2.24) is 4.98 Å². The Hall–Kier alpha value is -2.13. The first-order chi connectivity index (χ1) is 9.56. The number of fused-ring (bicyclic) bond motifs is 1. The molecule has 0 aliphatic carbocycles. The molecule has 3 aromatic rings. The van der Waals surface area contributed by atoms with E-state index in [0.717, 1.165) is 11.1 Å². The minimum atomic E-state index is -0.508. The van der Waals surface area contributed by atoms with Crippen molar-refractivity contribution in [3.8, 4) is 0 Å². The Morgan fingerprint density at radius 1 is 1.15 bits per heavy atom. The molecule has 2 aromatic carbocycles. The van der Waals surface area contributed by atoms with E-state index in [9.17, 15) is 9.18 Å². The van der Waals surface area contributed by atoms with Gasteiger partial charge in [0.25, 0.3) is 0 Å². The maximum atomic E-state index is 13.9. The molecule has 4 heteroatoms. The average Bonchev–Trinajstić information content (AvgIpc) is 2.81. The van der Waals surface area contributed by atoms with Gasteiger partial charge in [-0.1, -0.05) is 17.7 Å². The highest BCUT2D eigenvalue weighted by atomic mass is 35.5. The lowest BCUT2D eigenvalue weighted by Crippen LogP contribution is -2.03. The van der Waals surface area contributed by atoms with E-state index in [0.29, 0.717) is 16.0 Å². The lowest BCUT2D eigenvalue weighted by atomic mass is 10.0. The minimum Gasteiger partial charge on any atom is -0.360 e. The van der Waals surface area contributed by atoms with Crippen molar-refractivity contribution >= 4 is 28.3 Å². The number of aromatic nitrogens is 1. The first kappa shape index (κ1) is 12.9. The lowest BCUT2D eigenvalue weighted by molar-refractivity contribution is 0.103. The molecule has 1 aromatic heterocycles. The van der Waals surface area contributed by atoms with Gasteiger partial charge in [0.05, 0.1) is 5.56 Å². The molecule has 0 saturated heterocycles. The Morgan fingerprint density at radius 2 is 1.95 bits per heavy atom. The summed E-state index contributed by atoms with van der Waals surface area (Å²) in [4.78, 5) is 15.5. The normalized spacial score (nSPS) is 10.9. The highest BCUT2D eigenvalue weighted by Crippen LogP contribution is 2.25. The summed E-state index contributed by atoms with van der Waals surface area (Å²) in [5.41, 5.74) is 2.06. The number of aromatic amines is 1. The zero-order valence-corrected chi connectivity index (χ0v) is 11.5. The van der Waals surface area contributed by atoms with Crippen LogP contribution in [-0.2, 0) is 0 Å². The molecule has 0 fully saturated rings. The molecule has 0 unspecified atom stereocenters. The largest absolute Gasteiger partial charge is 0.360 e. The van der Waals surface area contributed by atoms with E-state index >= 15 is 0 Å². The van der Waals surface area contributed by atoms with Crippen LogP contribution in [0.2, 0.25) is 5.02 Å². The Balaban J connectivity index is 2.15. The maximum Gasteiger partial charge on any atom is 0.198 e. The molecule has 100 valence electrons. The highest BCUT2D eigenvalue weighted by Gasteiger charge is 2.17. The molecule has 20 heavy (non-hydrogen) atoms. The molecule has 0 saturated carbocycles. The number of nitrogens with one attached hydrogen (secondary N) is 1. The number of hydrogen-bond donors (Lipinski definition) is 1. The van der Waals surface area contributed by atoms with Gasteiger partial charge in [-0.15, -0.1) is 0 Å². The monoisotopic (exact) mass is 287 g/mol. The zero-order valence-electron chi connectivity index (χ0n) is 10.7. The third kappa shape index (κ3) is 2.10. The predicted molar refractivity (Wildman–Crippen MR) is 77.9 cm³/mol. The van der Waals surface area contributed by atoms with Crippen LogP contribution in [0.1, 0.15) is 21.5 Å². The number of benzene rings is 2. The number of hydrogen-bond acceptors (Lipinski definition) is 1. The van der Waals surface area contributed by atoms with Crippen molar-refractivity contribution < 1.29 is 9.18 Å². The van der Waals surface area contributed by atoms with E-state index in [1.807, 2.05) is 0 Å². The van der Waals surface area contributed by atoms with Gasteiger partial charge in [-0.05, 0) is 42.8 Å². The average molecular weight is 288 g/mol. The molecule has 1 N–H and O–H groups in total. The molecule has 0 amide bonds. The van der Waals surface area contributed by atoms with Crippen molar-refractivity contribution in [3.05, 3.63) is 70.1 Å². The number of carbonyl (C=O) groups is 1. The predicted octanol–water partition coefficient (Wildman–Crippen LogP) is 4.50. The van der Waals surface area contributed by atoms with Crippen LogP contribution in [0.15, 0.2) is 42.6 Å². The first-order valence-electron chi connectivity index (χ1n) is 6.14. The number of rotatable bonds is 2. The summed E-state index contributed by atoms with van der Waals surface area (Å²) in [5.74, 6) is -0.859. The summed E-state index contributed by atoms with van der Waals surface area (Å²) in [5, 5.41) is 1.23. The molecule has 0 aliphatic rings. The number of H-pyrrole nitrogens is 1. The molecule has 0 atom stereocenters. The fourth-order valence-electron chi connectivity index (χ4n) is 2.23. The maximum absolute atomic E-state index is 13.9. The number of ketones is 1. The SMILES string of the molecule is Cc1ccc(C(=O)c2c[nH]c3ccc(Cl)cc23)c(F)c1. The number of halogens is 2. The van der Waals surface area contributed by atoms with Crippen LogP contribution < -0.4 is 0 Å². The van der Waals surface area contributed by atoms with Gasteiger partial charge >= 0.3 is 0 Å². The number of aryl methyl sites for hydroxylation is 1. The fourth-order valence-corrected chi connectivity index (χ4v) is 2.40. The molecule has 0 radical (unpaired) electrons. The number of carbonyl (C=O) groups excluding carboxylic acids is 1. The molecule has 0 aliphatic heterocycles. The minimum absolute atomic E-state index is 0.0662. The molecular weight excluding hydrogens is 277 g/mol. The standard InChI is InChI=1S/C16H11ClFNO/c1-9-2-4-11(14(18)6-9)16(20)13-8-19-15-5-3-10(17)7-12(13)15/h2-8,19H,1H3. The van der Waals surface area contributed by atoms with Gasteiger partial charge in [-0.2, -0.15) is 0 Å². The van der Waals surface area contributed by atoms with Crippen molar-refractivity contribution in [1.29, 1.82) is 0 Å². The van der Waals surface area contributed by atoms with Gasteiger partial charge in [0, 0.05) is 27.7 Å². The second-order valence-corrected chi connectivity index (χ2v) is 5.14. The van der Waals surface area contributed by atoms with Gasteiger partial charge in [-0.3, -0.25) is 4.79 Å². The van der Waals surface area contributed by atoms with E-state index in [2.05, 4.69) is 4.98 Å². The van der Waals surface area contributed by atoms with Gasteiger partial charge in [0.2, 0.25) is 0 Å². The summed E-state index contributed by atoms with van der Waals surface area (Å²) in [6.45, 7) is 1.78. The van der Waals surface area contributed by atoms with Crippen LogP contribution in [0, 0.1) is 12.7 Å². The van der Waals surface area contributed by atoms with Crippen molar-refractivity contribution in [2.24, 2.45) is 0 Å². The highest BCUT2D eigenvalue weighted by molar-refractivity contribution is 6.31. The van der Waals surface area contributed by atoms with Gasteiger partial charge in [0.1, 0.15) is 5.82 Å². The Labute approximate surface area is 120 Å². The van der Waals surface area contributed by atoms with Crippen LogP contribution in [0.4, 0.5) is 4.39 Å². The smallest absolute Gasteiger partial charge is 0.198 e. The summed E-state index contributed by atoms with van der Waals surface area (Å²) in [6, 6.07) is 9.82. The third-order valence-electron chi connectivity index (χ3n) is 3.26. The molecule has 1 heterocycles. The molecule has 2 nitrogen and oxygen atoms in total. The van der Waals surface area contributed by atoms with Gasteiger partial charge in [0.15, 0.2) is 5.78 Å². The summed E-state index contributed by atoms with van der Waals surface area (Å²) >= 11 is 5.95. The van der Waals surface area contributed by atoms with E-state index in [1.54, 1.807) is 37.4 Å². The summed E-state index contributed by atoms with van der Waals surface area (Å²) < 4.78 is 13.9. The van der Waals surface area contributed by atoms with E-state index in [-0.39, 0.29) is 11.3 Å². The Bertz CT molecular complexity index is 822. The van der Waals surface area contributed by atoms with E-state index in [4.69, 9.17) is 11.6 Å².